The number of carbonyl (C=O) groups is 1. The zero-order valence-electron chi connectivity index (χ0n) is 14.4. The first-order valence-corrected chi connectivity index (χ1v) is 8.82. The van der Waals surface area contributed by atoms with Crippen LogP contribution in [0.15, 0.2) is 24.3 Å². The van der Waals surface area contributed by atoms with Gasteiger partial charge in [0.2, 0.25) is 0 Å². The molecule has 0 unspecified atom stereocenters. The molecule has 132 valence electrons. The summed E-state index contributed by atoms with van der Waals surface area (Å²) < 4.78 is 0. The van der Waals surface area contributed by atoms with Gasteiger partial charge in [-0.2, -0.15) is 0 Å². The molecule has 0 aliphatic rings. The molecule has 5 nitrogen and oxygen atoms in total. The van der Waals surface area contributed by atoms with Crippen molar-refractivity contribution in [2.45, 2.75) is 84.0 Å². The summed E-state index contributed by atoms with van der Waals surface area (Å²) in [6.45, 7) is 2.22. The summed E-state index contributed by atoms with van der Waals surface area (Å²) in [5.74, 6) is -0.749. The van der Waals surface area contributed by atoms with Gasteiger partial charge in [0.1, 0.15) is 0 Å². The van der Waals surface area contributed by atoms with Gasteiger partial charge in [-0.1, -0.05) is 63.3 Å². The van der Waals surface area contributed by atoms with Crippen LogP contribution in [0.5, 0.6) is 0 Å². The van der Waals surface area contributed by atoms with E-state index < -0.39 is 11.1 Å². The number of hydrogen-bond donors (Lipinski definition) is 0. The van der Waals surface area contributed by atoms with E-state index in [1.54, 1.807) is 0 Å². The van der Waals surface area contributed by atoms with Crippen LogP contribution in [0.2, 0.25) is 0 Å². The fraction of sp³-hybridized carbons (Fsp3) is 0.722. The lowest BCUT2D eigenvalue weighted by molar-refractivity contribution is -0.729. The second-order valence-electron chi connectivity index (χ2n) is 5.67. The van der Waals surface area contributed by atoms with Gasteiger partial charge in [-0.3, -0.25) is 4.79 Å². The Balaban J connectivity index is 3.28. The quantitative estimate of drug-likeness (QED) is 0.172. The van der Waals surface area contributed by atoms with Crippen LogP contribution >= 0.6 is 0 Å². The van der Waals surface area contributed by atoms with Gasteiger partial charge in [0.15, 0.2) is 0 Å². The largest absolute Gasteiger partial charge is 0.303 e. The van der Waals surface area contributed by atoms with Crippen molar-refractivity contribution in [3.63, 3.8) is 0 Å². The number of hydrogen-bond acceptors (Lipinski definition) is 4. The normalized spacial score (nSPS) is 11.3. The topological polar surface area (TPSA) is 69.4 Å². The second kappa shape index (κ2) is 16.7. The molecule has 0 aliphatic carbocycles. The Morgan fingerprint density at radius 3 is 2.09 bits per heavy atom. The Labute approximate surface area is 139 Å². The van der Waals surface area contributed by atoms with E-state index in [1.807, 2.05) is 0 Å². The lowest BCUT2D eigenvalue weighted by Crippen LogP contribution is -2.09. The second-order valence-corrected chi connectivity index (χ2v) is 5.67. The number of unbranched alkanes of at least 4 members (excludes halogenated alkanes) is 8. The van der Waals surface area contributed by atoms with Crippen molar-refractivity contribution in [2.24, 2.45) is 0 Å². The molecule has 0 aromatic heterocycles. The number of nitrogens with zero attached hydrogens (tertiary/aromatic N) is 1. The summed E-state index contributed by atoms with van der Waals surface area (Å²) in [5.41, 5.74) is 0. The lowest BCUT2D eigenvalue weighted by atomic mass is 10.1. The summed E-state index contributed by atoms with van der Waals surface area (Å²) in [7, 11) is 0. The highest BCUT2D eigenvalue weighted by Crippen LogP contribution is 2.08. The molecule has 0 saturated heterocycles. The van der Waals surface area contributed by atoms with E-state index >= 15 is 0 Å². The van der Waals surface area contributed by atoms with Gasteiger partial charge in [-0.15, -0.1) is 10.1 Å². The molecule has 23 heavy (non-hydrogen) atoms. The molecule has 0 radical (unpaired) electrons. The zero-order valence-corrected chi connectivity index (χ0v) is 14.4. The molecule has 0 fully saturated rings. The van der Waals surface area contributed by atoms with Crippen LogP contribution in [0.3, 0.4) is 0 Å². The predicted molar refractivity (Wildman–Crippen MR) is 92.4 cm³/mol. The zero-order chi connectivity index (χ0) is 17.2. The molecule has 5 heteroatoms. The Morgan fingerprint density at radius 1 is 0.913 bits per heavy atom. The summed E-state index contributed by atoms with van der Waals surface area (Å²) in [6, 6.07) is 0. The minimum Gasteiger partial charge on any atom is -0.268 e. The molecule has 0 rings (SSSR count). The highest BCUT2D eigenvalue weighted by molar-refractivity contribution is 5.68. The van der Waals surface area contributed by atoms with E-state index in [2.05, 4.69) is 36.1 Å². The highest BCUT2D eigenvalue weighted by Gasteiger charge is 2.06. The summed E-state index contributed by atoms with van der Waals surface area (Å²) in [5, 5.41) is 8.88. The average Bonchev–Trinajstić information content (AvgIpc) is 2.50. The maximum absolute atomic E-state index is 10.9. The van der Waals surface area contributed by atoms with Crippen molar-refractivity contribution in [2.75, 3.05) is 0 Å². The highest BCUT2D eigenvalue weighted by atomic mass is 17.0. The van der Waals surface area contributed by atoms with Crippen molar-refractivity contribution >= 4 is 5.97 Å². The third kappa shape index (κ3) is 18.3. The van der Waals surface area contributed by atoms with Crippen LogP contribution in [-0.4, -0.2) is 11.1 Å². The van der Waals surface area contributed by atoms with Crippen LogP contribution in [0, 0.1) is 10.1 Å². The monoisotopic (exact) mass is 325 g/mol. The fourth-order valence-electron chi connectivity index (χ4n) is 2.21. The van der Waals surface area contributed by atoms with Gasteiger partial charge < -0.3 is 0 Å². The summed E-state index contributed by atoms with van der Waals surface area (Å²) >= 11 is 0. The third-order valence-corrected chi connectivity index (χ3v) is 3.51. The van der Waals surface area contributed by atoms with Crippen LogP contribution in [-0.2, 0) is 9.63 Å². The van der Waals surface area contributed by atoms with Gasteiger partial charge in [0, 0.05) is 6.42 Å². The fourth-order valence-corrected chi connectivity index (χ4v) is 2.21. The molecule has 0 spiro atoms. The van der Waals surface area contributed by atoms with E-state index in [-0.39, 0.29) is 6.42 Å². The molecule has 0 aliphatic heterocycles. The van der Waals surface area contributed by atoms with E-state index in [4.69, 9.17) is 0 Å². The van der Waals surface area contributed by atoms with Gasteiger partial charge in [-0.25, -0.2) is 4.84 Å². The van der Waals surface area contributed by atoms with Crippen LogP contribution < -0.4 is 0 Å². The molecule has 0 amide bonds. The lowest BCUT2D eigenvalue weighted by Gasteiger charge is -1.99. The Kier molecular flexibility index (Phi) is 15.5. The Hall–Kier alpha value is -1.65. The standard InChI is InChI=1S/C18H31NO4/c1-2-3-4-5-6-7-8-9-10-11-12-13-14-15-16-17-18(20)23-19(21)22/h6-7,9-10H,2-5,8,11-17H2,1H3/b7-6-,10-9-. The van der Waals surface area contributed by atoms with Gasteiger partial charge in [-0.05, 0) is 38.5 Å². The van der Waals surface area contributed by atoms with E-state index in [9.17, 15) is 14.9 Å². The maximum atomic E-state index is 10.9. The molecule has 0 heterocycles. The molecular weight excluding hydrogens is 294 g/mol. The molecule has 0 bridgehead atoms. The Morgan fingerprint density at radius 2 is 1.48 bits per heavy atom. The minimum absolute atomic E-state index is 0.130. The first-order valence-electron chi connectivity index (χ1n) is 8.82. The van der Waals surface area contributed by atoms with Crippen molar-refractivity contribution in [1.82, 2.24) is 0 Å². The molecule has 0 N–H and O–H groups in total. The maximum Gasteiger partial charge on any atom is 0.303 e. The molecule has 0 atom stereocenters. The van der Waals surface area contributed by atoms with Gasteiger partial charge in [0.25, 0.3) is 0 Å². The molecule has 0 saturated carbocycles. The number of allylic oxidation sites excluding steroid dienone is 4. The van der Waals surface area contributed by atoms with Crippen molar-refractivity contribution < 1.29 is 14.7 Å². The van der Waals surface area contributed by atoms with Crippen molar-refractivity contribution in [3.8, 4) is 0 Å². The SMILES string of the molecule is CCCCC/C=C\C/C=C\CCCCCCCC(=O)O[N+](=O)[O-]. The molecule has 0 aromatic rings. The van der Waals surface area contributed by atoms with Gasteiger partial charge in [0.05, 0.1) is 0 Å². The molecule has 0 aromatic carbocycles. The molecular formula is C18H31NO4. The van der Waals surface area contributed by atoms with E-state index in [0.29, 0.717) is 6.42 Å². The average molecular weight is 325 g/mol. The summed E-state index contributed by atoms with van der Waals surface area (Å²) in [4.78, 5) is 24.7. The number of rotatable bonds is 15. The first-order chi connectivity index (χ1) is 11.2. The van der Waals surface area contributed by atoms with Crippen molar-refractivity contribution in [3.05, 3.63) is 34.4 Å². The third-order valence-electron chi connectivity index (χ3n) is 3.51. The van der Waals surface area contributed by atoms with Crippen LogP contribution in [0.25, 0.3) is 0 Å². The Bertz CT molecular complexity index is 364. The first kappa shape index (κ1) is 21.4. The summed E-state index contributed by atoms with van der Waals surface area (Å²) in [6.07, 6.45) is 21.2. The predicted octanol–water partition coefficient (Wildman–Crippen LogP) is 5.53. The van der Waals surface area contributed by atoms with Crippen LogP contribution in [0.4, 0.5) is 0 Å². The minimum atomic E-state index is -1.05. The number of carbonyl (C=O) groups excluding carboxylic acids is 1. The smallest absolute Gasteiger partial charge is 0.268 e. The van der Waals surface area contributed by atoms with Crippen molar-refractivity contribution in [1.29, 1.82) is 0 Å². The van der Waals surface area contributed by atoms with Crippen LogP contribution in [0.1, 0.15) is 84.0 Å². The van der Waals surface area contributed by atoms with E-state index in [0.717, 1.165) is 38.5 Å². The van der Waals surface area contributed by atoms with E-state index in [1.165, 1.54) is 25.7 Å². The van der Waals surface area contributed by atoms with Gasteiger partial charge >= 0.3 is 11.1 Å².